The monoisotopic (exact) mass is 486 g/mol. The zero-order valence-electron chi connectivity index (χ0n) is 18.9. The van der Waals surface area contributed by atoms with Crippen molar-refractivity contribution in [1.29, 1.82) is 5.26 Å². The lowest BCUT2D eigenvalue weighted by Crippen LogP contribution is -2.52. The number of methoxy groups -OCH3 is 1. The van der Waals surface area contributed by atoms with Gasteiger partial charge in [0.05, 0.1) is 30.7 Å². The lowest BCUT2D eigenvalue weighted by Gasteiger charge is -2.28. The van der Waals surface area contributed by atoms with Crippen LogP contribution in [0.3, 0.4) is 0 Å². The maximum atomic E-state index is 15.2. The Kier molecular flexibility index (Phi) is 7.58. The number of nitrogen functional groups attached to an aromatic ring is 1. The minimum Gasteiger partial charge on any atom is -0.479 e. The number of rotatable bonds is 11. The number of aromatic nitrogens is 4. The second-order valence-corrected chi connectivity index (χ2v) is 7.74. The predicted octanol–water partition coefficient (Wildman–Crippen LogP) is 1.63. The molecule has 2 aromatic heterocycles. The minimum atomic E-state index is -2.66. The van der Waals surface area contributed by atoms with Crippen molar-refractivity contribution in [3.8, 4) is 6.07 Å². The number of benzene rings is 1. The van der Waals surface area contributed by atoms with Gasteiger partial charge < -0.3 is 25.4 Å². The molecule has 0 fully saturated rings. The summed E-state index contributed by atoms with van der Waals surface area (Å²) < 4.78 is 26.9. The van der Waals surface area contributed by atoms with Crippen molar-refractivity contribution in [1.82, 2.24) is 19.5 Å². The highest BCUT2D eigenvalue weighted by Crippen LogP contribution is 2.26. The summed E-state index contributed by atoms with van der Waals surface area (Å²) in [4.78, 5) is 36.2. The van der Waals surface area contributed by atoms with Crippen molar-refractivity contribution in [2.24, 2.45) is 0 Å². The van der Waals surface area contributed by atoms with E-state index in [0.717, 1.165) is 4.57 Å². The molecular formula is C22H23FN6O6. The largest absolute Gasteiger partial charge is 0.479 e. The highest BCUT2D eigenvalue weighted by molar-refractivity contribution is 6.02. The highest BCUT2D eigenvalue weighted by Gasteiger charge is 2.49. The molecule has 0 saturated carbocycles. The molecule has 0 aliphatic carbocycles. The van der Waals surface area contributed by atoms with Gasteiger partial charge in [0.15, 0.2) is 17.8 Å². The van der Waals surface area contributed by atoms with Gasteiger partial charge in [-0.3, -0.25) is 4.57 Å². The summed E-state index contributed by atoms with van der Waals surface area (Å²) in [6, 6.07) is 7.66. The average Bonchev–Trinajstić information content (AvgIpc) is 3.25. The number of anilines is 1. The zero-order chi connectivity index (χ0) is 25.8. The van der Waals surface area contributed by atoms with E-state index in [9.17, 15) is 19.8 Å². The van der Waals surface area contributed by atoms with E-state index in [4.69, 9.17) is 20.5 Å². The summed E-state index contributed by atoms with van der Waals surface area (Å²) >= 11 is 0. The number of imidazole rings is 1. The first kappa shape index (κ1) is 25.5. The molecule has 0 bridgehead atoms. The van der Waals surface area contributed by atoms with Gasteiger partial charge >= 0.3 is 11.9 Å². The Morgan fingerprint density at radius 1 is 1.26 bits per heavy atom. The molecule has 0 aliphatic rings. The van der Waals surface area contributed by atoms with Crippen LogP contribution in [0, 0.1) is 18.3 Å². The summed E-state index contributed by atoms with van der Waals surface area (Å²) in [5.41, 5.74) is 4.20. The minimum absolute atomic E-state index is 0.0978. The van der Waals surface area contributed by atoms with Crippen LogP contribution in [-0.4, -0.2) is 67.1 Å². The van der Waals surface area contributed by atoms with Crippen LogP contribution in [0.2, 0.25) is 0 Å². The first-order valence-electron chi connectivity index (χ1n) is 10.3. The topological polar surface area (TPSA) is 186 Å². The van der Waals surface area contributed by atoms with Crippen molar-refractivity contribution < 1.29 is 33.7 Å². The van der Waals surface area contributed by atoms with E-state index >= 15 is 4.39 Å². The maximum Gasteiger partial charge on any atom is 0.348 e. The van der Waals surface area contributed by atoms with Crippen molar-refractivity contribution in [3.05, 3.63) is 47.5 Å². The van der Waals surface area contributed by atoms with Crippen molar-refractivity contribution in [2.45, 2.75) is 37.8 Å². The Labute approximate surface area is 198 Å². The molecule has 2 atom stereocenters. The van der Waals surface area contributed by atoms with Gasteiger partial charge in [0.25, 0.3) is 5.60 Å². The Bertz CT molecular complexity index is 1260. The Hall–Kier alpha value is -4.15. The molecule has 4 N–H and O–H groups in total. The molecule has 2 heterocycles. The van der Waals surface area contributed by atoms with Crippen LogP contribution in [0.15, 0.2) is 30.6 Å². The fourth-order valence-electron chi connectivity index (χ4n) is 3.46. The van der Waals surface area contributed by atoms with E-state index in [-0.39, 0.29) is 23.4 Å². The average molecular weight is 486 g/mol. The van der Waals surface area contributed by atoms with E-state index in [1.165, 1.54) is 37.7 Å². The van der Waals surface area contributed by atoms with Crippen LogP contribution in [-0.2, 0) is 25.5 Å². The maximum absolute atomic E-state index is 15.2. The molecule has 35 heavy (non-hydrogen) atoms. The summed E-state index contributed by atoms with van der Waals surface area (Å²) in [6.07, 6.45) is -2.37. The van der Waals surface area contributed by atoms with Crippen LogP contribution in [0.5, 0.6) is 0 Å². The summed E-state index contributed by atoms with van der Waals surface area (Å²) in [5.74, 6) is -3.04. The molecule has 0 radical (unpaired) electrons. The molecule has 1 aromatic carbocycles. The fourth-order valence-corrected chi connectivity index (χ4v) is 3.46. The molecule has 12 nitrogen and oxygen atoms in total. The van der Waals surface area contributed by atoms with Crippen molar-refractivity contribution in [3.63, 3.8) is 0 Å². The zero-order valence-corrected chi connectivity index (χ0v) is 18.9. The molecule has 3 aromatic rings. The van der Waals surface area contributed by atoms with Gasteiger partial charge in [-0.1, -0.05) is 12.1 Å². The number of halogens is 1. The molecule has 2 unspecified atom stereocenters. The standard InChI is InChI=1S/C22H23FN6O6/c1-12-27-18(25)17-19(28-12)29(11-26-17)16(23)7-15(34-2)10-35-22(20(30)31,21(32)33)8-13-3-5-14(9-24)6-4-13/h3-6,11,15-16H,7-8,10H2,1-2H3,(H,30,31)(H,32,33)(H2,25,27,28). The number of carboxylic acid groups (broad SMARTS) is 2. The summed E-state index contributed by atoms with van der Waals surface area (Å²) in [7, 11) is 1.26. The van der Waals surface area contributed by atoms with Gasteiger partial charge in [-0.15, -0.1) is 0 Å². The van der Waals surface area contributed by atoms with Crippen LogP contribution in [0.4, 0.5) is 10.2 Å². The molecule has 3 rings (SSSR count). The number of aryl methyl sites for hydroxylation is 1. The van der Waals surface area contributed by atoms with Crippen LogP contribution < -0.4 is 5.73 Å². The molecular weight excluding hydrogens is 463 g/mol. The van der Waals surface area contributed by atoms with Crippen LogP contribution in [0.1, 0.15) is 29.7 Å². The number of carboxylic acids is 2. The number of alkyl halides is 1. The van der Waals surface area contributed by atoms with Gasteiger partial charge in [0.2, 0.25) is 0 Å². The first-order valence-corrected chi connectivity index (χ1v) is 10.3. The first-order chi connectivity index (χ1) is 16.6. The van der Waals surface area contributed by atoms with Gasteiger partial charge in [-0.05, 0) is 24.6 Å². The number of nitriles is 1. The fraction of sp³-hybridized carbons (Fsp3) is 0.364. The van der Waals surface area contributed by atoms with E-state index in [1.54, 1.807) is 6.92 Å². The number of hydrogen-bond donors (Lipinski definition) is 3. The third-order valence-electron chi connectivity index (χ3n) is 5.40. The Balaban J connectivity index is 1.78. The van der Waals surface area contributed by atoms with Gasteiger partial charge in [-0.25, -0.2) is 28.9 Å². The smallest absolute Gasteiger partial charge is 0.348 e. The molecule has 0 aliphatic heterocycles. The molecule has 184 valence electrons. The second kappa shape index (κ2) is 10.4. The van der Waals surface area contributed by atoms with Crippen molar-refractivity contribution >= 4 is 28.9 Å². The number of nitrogens with two attached hydrogens (primary N) is 1. The molecule has 13 heteroatoms. The van der Waals surface area contributed by atoms with Gasteiger partial charge in [0.1, 0.15) is 11.3 Å². The second-order valence-electron chi connectivity index (χ2n) is 7.74. The van der Waals surface area contributed by atoms with Crippen molar-refractivity contribution in [2.75, 3.05) is 19.5 Å². The number of fused-ring (bicyclic) bond motifs is 1. The SMILES string of the molecule is COC(COC(Cc1ccc(C#N)cc1)(C(=O)O)C(=O)O)CC(F)n1cnc2c(N)nc(C)nc21. The number of carbonyl (C=O) groups is 2. The Morgan fingerprint density at radius 2 is 1.91 bits per heavy atom. The highest BCUT2D eigenvalue weighted by atomic mass is 19.1. The number of ether oxygens (including phenoxy) is 2. The summed E-state index contributed by atoms with van der Waals surface area (Å²) in [5, 5.41) is 28.4. The summed E-state index contributed by atoms with van der Waals surface area (Å²) in [6.45, 7) is 1.06. The third kappa shape index (κ3) is 5.34. The third-order valence-corrected chi connectivity index (χ3v) is 5.40. The van der Waals surface area contributed by atoms with Crippen LogP contribution in [0.25, 0.3) is 11.2 Å². The van der Waals surface area contributed by atoms with E-state index in [0.29, 0.717) is 17.0 Å². The predicted molar refractivity (Wildman–Crippen MR) is 119 cm³/mol. The number of nitrogens with zero attached hydrogens (tertiary/aromatic N) is 5. The lowest BCUT2D eigenvalue weighted by atomic mass is 9.93. The normalized spacial score (nSPS) is 13.3. The Morgan fingerprint density at radius 3 is 2.49 bits per heavy atom. The van der Waals surface area contributed by atoms with Gasteiger partial charge in [0, 0.05) is 20.0 Å². The van der Waals surface area contributed by atoms with E-state index < -0.39 is 43.0 Å². The number of aliphatic carboxylic acids is 2. The molecule has 0 spiro atoms. The quantitative estimate of drug-likeness (QED) is 0.334. The lowest BCUT2D eigenvalue weighted by molar-refractivity contribution is -0.188. The van der Waals surface area contributed by atoms with Crippen LogP contribution >= 0.6 is 0 Å². The molecule has 0 saturated heterocycles. The van der Waals surface area contributed by atoms with E-state index in [1.807, 2.05) is 6.07 Å². The van der Waals surface area contributed by atoms with E-state index in [2.05, 4.69) is 15.0 Å². The van der Waals surface area contributed by atoms with Gasteiger partial charge in [-0.2, -0.15) is 5.26 Å². The molecule has 0 amide bonds. The number of hydrogen-bond acceptors (Lipinski definition) is 9.